The predicted octanol–water partition coefficient (Wildman–Crippen LogP) is -0.624. The van der Waals surface area contributed by atoms with Gasteiger partial charge in [0.2, 0.25) is 0 Å². The van der Waals surface area contributed by atoms with E-state index in [4.69, 9.17) is 15.2 Å². The number of nitrogens with two attached hydrogens (primary N) is 1. The summed E-state index contributed by atoms with van der Waals surface area (Å²) in [5.74, 6) is 2.11. The minimum Gasteiger partial charge on any atom is -0.367 e. The van der Waals surface area contributed by atoms with E-state index in [9.17, 15) is 0 Å². The van der Waals surface area contributed by atoms with E-state index in [0.29, 0.717) is 6.54 Å². The molecule has 0 aromatic heterocycles. The van der Waals surface area contributed by atoms with Gasteiger partial charge in [-0.25, -0.2) is 0 Å². The van der Waals surface area contributed by atoms with Crippen molar-refractivity contribution in [1.82, 2.24) is 0 Å². The van der Waals surface area contributed by atoms with Crippen molar-refractivity contribution in [3.05, 3.63) is 0 Å². The first kappa shape index (κ1) is 9.41. The zero-order valence-electron chi connectivity index (χ0n) is 6.31. The quantitative estimate of drug-likeness (QED) is 0.425. The topological polar surface area (TPSA) is 44.5 Å². The van der Waals surface area contributed by atoms with E-state index in [2.05, 4.69) is 5.79 Å². The van der Waals surface area contributed by atoms with Crippen LogP contribution in [0.5, 0.6) is 0 Å². The van der Waals surface area contributed by atoms with Gasteiger partial charge in [-0.1, -0.05) is 0 Å². The largest absolute Gasteiger partial charge is 0.367 e. The van der Waals surface area contributed by atoms with Gasteiger partial charge >= 0.3 is 15.2 Å². The van der Waals surface area contributed by atoms with Gasteiger partial charge in [-0.3, -0.25) is 0 Å². The highest BCUT2D eigenvalue weighted by Gasteiger charge is 2.25. The number of hydrogen-bond acceptors (Lipinski definition) is 3. The van der Waals surface area contributed by atoms with E-state index in [0.717, 1.165) is 0 Å². The SMILES string of the molecule is CO[C](CN)(OC)[AlH][CH3]. The second-order valence-corrected chi connectivity index (χ2v) is 3.66. The van der Waals surface area contributed by atoms with Crippen LogP contribution in [0.3, 0.4) is 0 Å². The zero-order chi connectivity index (χ0) is 7.33. The van der Waals surface area contributed by atoms with Gasteiger partial charge in [0.25, 0.3) is 0 Å². The molecular formula is C5H14AlNO2. The van der Waals surface area contributed by atoms with Crippen LogP contribution in [-0.2, 0) is 9.47 Å². The third-order valence-corrected chi connectivity index (χ3v) is 3.54. The summed E-state index contributed by atoms with van der Waals surface area (Å²) >= 11 is -0.348. The van der Waals surface area contributed by atoms with Crippen molar-refractivity contribution in [2.45, 2.75) is 10.4 Å². The molecule has 0 radical (unpaired) electrons. The molecule has 0 atom stereocenters. The van der Waals surface area contributed by atoms with Gasteiger partial charge in [0, 0.05) is 20.8 Å². The van der Waals surface area contributed by atoms with Crippen LogP contribution in [0.1, 0.15) is 0 Å². The lowest BCUT2D eigenvalue weighted by Crippen LogP contribution is -2.46. The van der Waals surface area contributed by atoms with Crippen LogP contribution < -0.4 is 5.73 Å². The standard InChI is InChI=1S/C4H10NO2.CH3.Al.H/c1-6-4(3-5)7-2;;;/h3,5H2,1-2H3;1H3;;. The Balaban J connectivity index is 3.82. The molecule has 0 bridgehead atoms. The summed E-state index contributed by atoms with van der Waals surface area (Å²) in [7, 11) is 3.26. The molecule has 9 heavy (non-hydrogen) atoms. The average molecular weight is 147 g/mol. The number of hydrogen-bond donors (Lipinski definition) is 1. The summed E-state index contributed by atoms with van der Waals surface area (Å²) in [6, 6.07) is 0. The van der Waals surface area contributed by atoms with Crippen LogP contribution in [0.25, 0.3) is 0 Å². The summed E-state index contributed by atoms with van der Waals surface area (Å²) in [4.78, 5) is 0. The van der Waals surface area contributed by atoms with Crippen LogP contribution in [0, 0.1) is 0 Å². The van der Waals surface area contributed by atoms with Crippen molar-refractivity contribution in [2.75, 3.05) is 20.8 Å². The van der Waals surface area contributed by atoms with Gasteiger partial charge in [-0.2, -0.15) is 0 Å². The second kappa shape index (κ2) is 4.26. The molecule has 0 heterocycles. The third-order valence-electron chi connectivity index (χ3n) is 1.59. The summed E-state index contributed by atoms with van der Waals surface area (Å²) in [5.41, 5.74) is 5.42. The van der Waals surface area contributed by atoms with Crippen LogP contribution >= 0.6 is 0 Å². The smallest absolute Gasteiger partial charge is 0.330 e. The molecule has 54 valence electrons. The van der Waals surface area contributed by atoms with Gasteiger partial charge in [0.1, 0.15) is 4.65 Å². The predicted molar refractivity (Wildman–Crippen MR) is 38.8 cm³/mol. The van der Waals surface area contributed by atoms with Crippen molar-refractivity contribution in [3.8, 4) is 0 Å². The molecule has 4 heteroatoms. The molecule has 0 aliphatic heterocycles. The molecule has 0 saturated heterocycles. The van der Waals surface area contributed by atoms with Crippen LogP contribution in [0.15, 0.2) is 0 Å². The van der Waals surface area contributed by atoms with Gasteiger partial charge in [0.15, 0.2) is 0 Å². The molecule has 0 aliphatic carbocycles. The summed E-state index contributed by atoms with van der Waals surface area (Å²) in [6.07, 6.45) is 0. The fraction of sp³-hybridized carbons (Fsp3) is 1.00. The van der Waals surface area contributed by atoms with E-state index < -0.39 is 4.65 Å². The fourth-order valence-corrected chi connectivity index (χ4v) is 1.55. The highest BCUT2D eigenvalue weighted by molar-refractivity contribution is 6.37. The van der Waals surface area contributed by atoms with Gasteiger partial charge in [-0.15, -0.1) is 5.79 Å². The molecule has 0 amide bonds. The molecule has 3 nitrogen and oxygen atoms in total. The van der Waals surface area contributed by atoms with Crippen LogP contribution in [-0.4, -0.2) is 40.6 Å². The Bertz CT molecular complexity index is 57.8. The fourth-order valence-electron chi connectivity index (χ4n) is 0.683. The molecule has 0 fully saturated rings. The molecule has 2 N–H and O–H groups in total. The molecule has 0 rings (SSSR count). The Kier molecular flexibility index (Phi) is 4.46. The molecule has 0 aliphatic rings. The maximum Gasteiger partial charge on any atom is 0.330 e. The summed E-state index contributed by atoms with van der Waals surface area (Å²) in [6.45, 7) is 0.461. The highest BCUT2D eigenvalue weighted by Crippen LogP contribution is 2.05. The van der Waals surface area contributed by atoms with Crippen molar-refractivity contribution in [3.63, 3.8) is 0 Å². The lowest BCUT2D eigenvalue weighted by atomic mass is 10.6. The Morgan fingerprint density at radius 1 is 1.44 bits per heavy atom. The van der Waals surface area contributed by atoms with E-state index in [1.54, 1.807) is 14.2 Å². The van der Waals surface area contributed by atoms with Crippen molar-refractivity contribution in [2.24, 2.45) is 5.73 Å². The Morgan fingerprint density at radius 2 is 1.89 bits per heavy atom. The number of rotatable bonds is 4. The Hall–Kier alpha value is 0.412. The van der Waals surface area contributed by atoms with Crippen molar-refractivity contribution < 1.29 is 9.47 Å². The minimum atomic E-state index is -0.417. The third kappa shape index (κ3) is 2.25. The Morgan fingerprint density at radius 3 is 1.89 bits per heavy atom. The monoisotopic (exact) mass is 147 g/mol. The first-order valence-electron chi connectivity index (χ1n) is 3.05. The Labute approximate surface area is 62.2 Å². The van der Waals surface area contributed by atoms with Crippen LogP contribution in [0.2, 0.25) is 5.79 Å². The lowest BCUT2D eigenvalue weighted by molar-refractivity contribution is -0.136. The molecular weight excluding hydrogens is 133 g/mol. The minimum absolute atomic E-state index is 0.348. The van der Waals surface area contributed by atoms with E-state index in [-0.39, 0.29) is 15.2 Å². The maximum atomic E-state index is 5.42. The first-order valence-corrected chi connectivity index (χ1v) is 5.17. The zero-order valence-corrected chi connectivity index (χ0v) is 7.72. The second-order valence-electron chi connectivity index (χ2n) is 1.88. The molecule has 0 aromatic rings. The highest BCUT2D eigenvalue weighted by atomic mass is 27.1. The maximum absolute atomic E-state index is 5.42. The number of ether oxygens (including phenoxy) is 2. The van der Waals surface area contributed by atoms with Gasteiger partial charge in [-0.05, 0) is 0 Å². The first-order chi connectivity index (χ1) is 4.24. The van der Waals surface area contributed by atoms with Gasteiger partial charge in [0.05, 0.1) is 0 Å². The normalized spacial score (nSPS) is 11.6. The van der Waals surface area contributed by atoms with Gasteiger partial charge < -0.3 is 15.2 Å². The molecule has 0 spiro atoms. The van der Waals surface area contributed by atoms with E-state index in [1.165, 1.54) is 0 Å². The molecule has 0 unspecified atom stereocenters. The molecule has 0 aromatic carbocycles. The van der Waals surface area contributed by atoms with E-state index in [1.807, 2.05) is 0 Å². The van der Waals surface area contributed by atoms with Crippen molar-refractivity contribution >= 4 is 15.2 Å². The van der Waals surface area contributed by atoms with Crippen LogP contribution in [0.4, 0.5) is 0 Å². The summed E-state index contributed by atoms with van der Waals surface area (Å²) in [5, 5.41) is 0. The van der Waals surface area contributed by atoms with E-state index >= 15 is 0 Å². The number of methoxy groups -OCH3 is 2. The summed E-state index contributed by atoms with van der Waals surface area (Å²) < 4.78 is 9.78. The van der Waals surface area contributed by atoms with Crippen molar-refractivity contribution in [1.29, 1.82) is 0 Å². The average Bonchev–Trinajstić information content (AvgIpc) is 1.95. The lowest BCUT2D eigenvalue weighted by Gasteiger charge is -2.27. The molecule has 0 saturated carbocycles.